The molecule has 0 aliphatic heterocycles. The number of benzene rings is 6. The normalized spacial score (nSPS) is 10.5. The Morgan fingerprint density at radius 1 is 0.434 bits per heavy atom. The molecule has 6 rings (SSSR count). The molecule has 0 atom stereocenters. The Morgan fingerprint density at radius 2 is 0.849 bits per heavy atom. The van der Waals surface area contributed by atoms with Crippen LogP contribution < -0.4 is 21.9 Å². The highest BCUT2D eigenvalue weighted by atomic mass is 15.3. The van der Waals surface area contributed by atoms with Crippen LogP contribution in [0.5, 0.6) is 0 Å². The van der Waals surface area contributed by atoms with Crippen molar-refractivity contribution in [3.63, 3.8) is 0 Å². The second-order valence-electron chi connectivity index (χ2n) is 16.4. The van der Waals surface area contributed by atoms with E-state index in [1.54, 1.807) is 16.4 Å². The number of quaternary nitrogens is 1. The second-order valence-corrected chi connectivity index (χ2v) is 16.4. The highest BCUT2D eigenvalue weighted by Crippen LogP contribution is 2.10. The Kier molecular flexibility index (Phi) is 20.0. The molecular weight excluding hydrogens is 634 g/mol. The van der Waals surface area contributed by atoms with E-state index in [0.29, 0.717) is 0 Å². The monoisotopic (exact) mass is 701 g/mol. The van der Waals surface area contributed by atoms with Crippen LogP contribution in [0.3, 0.4) is 0 Å². The van der Waals surface area contributed by atoms with Gasteiger partial charge in [-0.1, -0.05) is 205 Å². The second kappa shape index (κ2) is 24.7. The van der Waals surface area contributed by atoms with E-state index in [0.717, 1.165) is 4.48 Å². The smallest absolute Gasteiger partial charge is 0.0728 e. The maximum Gasteiger partial charge on any atom is 0.0728 e. The fourth-order valence-corrected chi connectivity index (χ4v) is 7.19. The van der Waals surface area contributed by atoms with Crippen LogP contribution in [0, 0.1) is 20.8 Å². The van der Waals surface area contributed by atoms with Gasteiger partial charge in [0.2, 0.25) is 0 Å². The van der Waals surface area contributed by atoms with Crippen LogP contribution >= 0.6 is 0 Å². The van der Waals surface area contributed by atoms with Gasteiger partial charge in [0.25, 0.3) is 0 Å². The van der Waals surface area contributed by atoms with Crippen LogP contribution in [0.4, 0.5) is 0 Å². The van der Waals surface area contributed by atoms with Gasteiger partial charge < -0.3 is 4.48 Å². The minimum absolute atomic E-state index is 0.00311. The van der Waals surface area contributed by atoms with Gasteiger partial charge in [0, 0.05) is 14.6 Å². The van der Waals surface area contributed by atoms with Crippen LogP contribution in [0.2, 0.25) is 6.32 Å². The summed E-state index contributed by atoms with van der Waals surface area (Å²) >= 11 is 0. The molecule has 0 aliphatic carbocycles. The number of hydrogen-bond donors (Lipinski definition) is 0. The molecule has 0 radical (unpaired) electrons. The van der Waals surface area contributed by atoms with Crippen molar-refractivity contribution >= 4 is 51.0 Å². The summed E-state index contributed by atoms with van der Waals surface area (Å²) in [5, 5.41) is 0. The number of aryl methyl sites for hydroxylation is 3. The van der Waals surface area contributed by atoms with E-state index in [1.165, 1.54) is 65.2 Å². The molecule has 0 heterocycles. The van der Waals surface area contributed by atoms with Crippen molar-refractivity contribution in [3.05, 3.63) is 192 Å². The molecule has 0 spiro atoms. The van der Waals surface area contributed by atoms with Gasteiger partial charge in [-0.25, -0.2) is 21.9 Å². The standard InChI is InChI=1S/C15H18B.C14H16B.C11H20BN.C8H12B/c1-12-8-9-14(13(2)10-12)11-16-15-6-4-3-5-7-15;1-12-7-9-13(10-8-12)11-15-14-5-3-2-4-6-14;1-4-13(2,3)10-12-11-8-6-5-7-9-11;1-2-9-8-6-4-3-5-7-8/h3-10H,11,16H2,1-2H3;2-10H,11,15H2,1H3;5-9H,4,10,12H2,1-3H3;3-7H,2,9H2,1H3/q2*-1;;-1. The summed E-state index contributed by atoms with van der Waals surface area (Å²) in [6, 6.07) is 59.1. The van der Waals surface area contributed by atoms with E-state index < -0.39 is 0 Å². The molecule has 0 saturated heterocycles. The fraction of sp³-hybridized carbons (Fsp3) is 0.250. The summed E-state index contributed by atoms with van der Waals surface area (Å²) in [5.41, 5.74) is 13.4. The summed E-state index contributed by atoms with van der Waals surface area (Å²) in [6.45, 7) is 12.3. The summed E-state index contributed by atoms with van der Waals surface area (Å²) in [5.74, 6) is 0. The highest BCUT2D eigenvalue weighted by Gasteiger charge is 2.06. The predicted octanol–water partition coefficient (Wildman–Crippen LogP) is 5.74. The lowest BCUT2D eigenvalue weighted by Crippen LogP contribution is -2.45. The number of rotatable bonds is 12. The van der Waals surface area contributed by atoms with Gasteiger partial charge in [-0.3, -0.25) is 0 Å². The third-order valence-electron chi connectivity index (χ3n) is 11.4. The molecule has 6 aromatic carbocycles. The number of nitrogens with zero attached hydrogens (tertiary/aromatic N) is 1. The molecule has 0 saturated carbocycles. The van der Waals surface area contributed by atoms with Crippen molar-refractivity contribution in [1.29, 1.82) is 0 Å². The molecule has 278 valence electrons. The zero-order valence-corrected chi connectivity index (χ0v) is 35.1. The van der Waals surface area contributed by atoms with Crippen molar-refractivity contribution in [2.45, 2.75) is 53.6 Å². The lowest BCUT2D eigenvalue weighted by atomic mass is 9.65. The molecule has 1 nitrogen and oxygen atoms in total. The minimum atomic E-state index is -0.0161. The van der Waals surface area contributed by atoms with Crippen molar-refractivity contribution in [3.8, 4) is 0 Å². The van der Waals surface area contributed by atoms with Gasteiger partial charge in [-0.2, -0.15) is 19.0 Å². The molecule has 0 aliphatic rings. The SMILES string of the molecule is CC[BH2-]c1ccccc1.CC[N+](C)(C)C[BH2-]c1ccccc1.Cc1ccc(C[BH2-]c2ccccc2)c(C)c1.Cc1ccc(C[BH2-]c2ccccc2)cc1. The number of hydrogen-bond acceptors (Lipinski definition) is 0. The van der Waals surface area contributed by atoms with Gasteiger partial charge in [0.1, 0.15) is 0 Å². The minimum Gasteiger partial charge on any atom is -0.359 e. The first-order chi connectivity index (χ1) is 25.7. The van der Waals surface area contributed by atoms with E-state index in [9.17, 15) is 0 Å². The van der Waals surface area contributed by atoms with Crippen molar-refractivity contribution in [1.82, 2.24) is 0 Å². The first kappa shape index (κ1) is 42.9. The van der Waals surface area contributed by atoms with E-state index in [1.807, 2.05) is 0 Å². The molecule has 0 N–H and O–H groups in total. The zero-order chi connectivity index (χ0) is 38.2. The lowest BCUT2D eigenvalue weighted by molar-refractivity contribution is -0.877. The largest absolute Gasteiger partial charge is 0.359 e. The van der Waals surface area contributed by atoms with Gasteiger partial charge in [0.15, 0.2) is 0 Å². The quantitative estimate of drug-likeness (QED) is 0.113. The Morgan fingerprint density at radius 3 is 1.28 bits per heavy atom. The van der Waals surface area contributed by atoms with Gasteiger partial charge in [0.05, 0.1) is 27.9 Å². The van der Waals surface area contributed by atoms with Crippen molar-refractivity contribution < 1.29 is 4.48 Å². The van der Waals surface area contributed by atoms with Crippen LogP contribution in [0.1, 0.15) is 41.7 Å². The Labute approximate surface area is 326 Å². The summed E-state index contributed by atoms with van der Waals surface area (Å²) in [7, 11) is 4.89. The molecule has 53 heavy (non-hydrogen) atoms. The molecule has 5 heteroatoms. The average Bonchev–Trinajstić information content (AvgIpc) is 3.19. The molecule has 0 amide bonds. The summed E-state index contributed by atoms with van der Waals surface area (Å²) in [6.07, 6.45) is 5.23. The van der Waals surface area contributed by atoms with Crippen LogP contribution in [-0.2, 0) is 12.6 Å². The third-order valence-corrected chi connectivity index (χ3v) is 11.4. The molecule has 6 aromatic rings. The molecule has 0 fully saturated rings. The Hall–Kier alpha value is -4.46. The van der Waals surface area contributed by atoms with Crippen LogP contribution in [-0.4, -0.2) is 60.7 Å². The topological polar surface area (TPSA) is 0 Å². The lowest BCUT2D eigenvalue weighted by Gasteiger charge is -2.31. The predicted molar refractivity (Wildman–Crippen MR) is 251 cm³/mol. The molecule has 0 bridgehead atoms. The van der Waals surface area contributed by atoms with E-state index in [4.69, 9.17) is 0 Å². The molecule has 0 aromatic heterocycles. The maximum atomic E-state index is 2.31. The van der Waals surface area contributed by atoms with Crippen molar-refractivity contribution in [2.75, 3.05) is 27.1 Å². The molecule has 0 unspecified atom stereocenters. The molecular formula is C48H66B4N-3. The van der Waals surface area contributed by atoms with E-state index in [-0.39, 0.29) is 29.1 Å². The van der Waals surface area contributed by atoms with Gasteiger partial charge in [-0.15, -0.1) is 0 Å². The van der Waals surface area contributed by atoms with Gasteiger partial charge in [-0.05, 0) is 35.0 Å². The van der Waals surface area contributed by atoms with E-state index >= 15 is 0 Å². The van der Waals surface area contributed by atoms with Crippen LogP contribution in [0.15, 0.2) is 164 Å². The fourth-order valence-electron chi connectivity index (χ4n) is 7.19. The summed E-state index contributed by atoms with van der Waals surface area (Å²) in [4.78, 5) is 0. The summed E-state index contributed by atoms with van der Waals surface area (Å²) < 4.78 is 1.16. The first-order valence-electron chi connectivity index (χ1n) is 21.2. The maximum absolute atomic E-state index is 2.31. The van der Waals surface area contributed by atoms with Gasteiger partial charge >= 0.3 is 0 Å². The Bertz CT molecular complexity index is 1790. The first-order valence-corrected chi connectivity index (χ1v) is 21.2. The van der Waals surface area contributed by atoms with Crippen LogP contribution in [0.25, 0.3) is 0 Å². The highest BCUT2D eigenvalue weighted by molar-refractivity contribution is 6.54. The van der Waals surface area contributed by atoms with E-state index in [2.05, 4.69) is 213 Å². The third kappa shape index (κ3) is 18.7. The zero-order valence-electron chi connectivity index (χ0n) is 35.1. The average molecular weight is 700 g/mol. The van der Waals surface area contributed by atoms with Crippen molar-refractivity contribution in [2.24, 2.45) is 0 Å². The Balaban J connectivity index is 0.000000194.